The van der Waals surface area contributed by atoms with Gasteiger partial charge in [0.05, 0.1) is 5.69 Å². The Hall–Kier alpha value is -3.19. The van der Waals surface area contributed by atoms with Gasteiger partial charge in [-0.25, -0.2) is 4.79 Å². The average molecular weight is 437 g/mol. The van der Waals surface area contributed by atoms with Crippen LogP contribution in [0.4, 0.5) is 10.5 Å². The number of hydrogen-bond acceptors (Lipinski definition) is 4. The Bertz CT molecular complexity index is 1110. The smallest absolute Gasteiger partial charge is 0.412 e. The molecule has 0 aliphatic carbocycles. The summed E-state index contributed by atoms with van der Waals surface area (Å²) >= 11 is 3.43. The van der Waals surface area contributed by atoms with Crippen molar-refractivity contribution in [2.75, 3.05) is 5.32 Å². The number of benzene rings is 2. The lowest BCUT2D eigenvalue weighted by Gasteiger charge is -2.14. The molecular weight excluding hydrogens is 420 g/mol. The van der Waals surface area contributed by atoms with Crippen LogP contribution >= 0.6 is 15.9 Å². The number of anilines is 1. The monoisotopic (exact) mass is 436 g/mol. The Morgan fingerprint density at radius 1 is 1.07 bits per heavy atom. The van der Waals surface area contributed by atoms with Gasteiger partial charge >= 0.3 is 6.09 Å². The molecule has 2 heterocycles. The SMILES string of the molecule is CC(OC(=O)Nc1c(-c2ccc(Br)cc2)nn2ncccc12)c1ccccc1. The third kappa shape index (κ3) is 3.75. The molecule has 0 aliphatic heterocycles. The van der Waals surface area contributed by atoms with E-state index in [2.05, 4.69) is 31.4 Å². The number of hydrogen-bond donors (Lipinski definition) is 1. The van der Waals surface area contributed by atoms with Crippen LogP contribution in [-0.2, 0) is 4.74 Å². The molecular formula is C21H17BrN4O2. The summed E-state index contributed by atoms with van der Waals surface area (Å²) in [5, 5.41) is 11.6. The lowest BCUT2D eigenvalue weighted by atomic mass is 10.1. The summed E-state index contributed by atoms with van der Waals surface area (Å²) in [6, 6.07) is 20.9. The number of fused-ring (bicyclic) bond motifs is 1. The van der Waals surface area contributed by atoms with E-state index in [-0.39, 0.29) is 6.10 Å². The fraction of sp³-hybridized carbons (Fsp3) is 0.0952. The molecule has 1 N–H and O–H groups in total. The first-order valence-corrected chi connectivity index (χ1v) is 9.53. The molecule has 28 heavy (non-hydrogen) atoms. The summed E-state index contributed by atoms with van der Waals surface area (Å²) in [6.45, 7) is 1.84. The van der Waals surface area contributed by atoms with E-state index in [9.17, 15) is 4.79 Å². The van der Waals surface area contributed by atoms with Crippen molar-refractivity contribution in [2.45, 2.75) is 13.0 Å². The van der Waals surface area contributed by atoms with Gasteiger partial charge in [-0.15, -0.1) is 9.73 Å². The fourth-order valence-electron chi connectivity index (χ4n) is 2.91. The first kappa shape index (κ1) is 18.2. The van der Waals surface area contributed by atoms with Crippen LogP contribution in [0.2, 0.25) is 0 Å². The average Bonchev–Trinajstić information content (AvgIpc) is 3.07. The molecule has 0 saturated heterocycles. The van der Waals surface area contributed by atoms with Crippen molar-refractivity contribution >= 4 is 33.2 Å². The van der Waals surface area contributed by atoms with Gasteiger partial charge in [0, 0.05) is 16.2 Å². The Labute approximate surface area is 170 Å². The number of nitrogens with zero attached hydrogens (tertiary/aromatic N) is 3. The second-order valence-electron chi connectivity index (χ2n) is 6.21. The van der Waals surface area contributed by atoms with Crippen LogP contribution in [0.5, 0.6) is 0 Å². The summed E-state index contributed by atoms with van der Waals surface area (Å²) in [4.78, 5) is 12.6. The highest BCUT2D eigenvalue weighted by Gasteiger charge is 2.19. The lowest BCUT2D eigenvalue weighted by Crippen LogP contribution is -2.16. The van der Waals surface area contributed by atoms with Gasteiger partial charge in [0.1, 0.15) is 17.3 Å². The molecule has 0 fully saturated rings. The van der Waals surface area contributed by atoms with E-state index in [1.165, 1.54) is 4.63 Å². The first-order chi connectivity index (χ1) is 13.6. The van der Waals surface area contributed by atoms with Gasteiger partial charge in [0.15, 0.2) is 0 Å². The number of carbonyl (C=O) groups is 1. The maximum absolute atomic E-state index is 12.6. The van der Waals surface area contributed by atoms with E-state index in [0.717, 1.165) is 15.6 Å². The second-order valence-corrected chi connectivity index (χ2v) is 7.13. The van der Waals surface area contributed by atoms with Gasteiger partial charge in [0.2, 0.25) is 0 Å². The van der Waals surface area contributed by atoms with Crippen molar-refractivity contribution in [3.63, 3.8) is 0 Å². The number of rotatable bonds is 4. The molecule has 2 aromatic carbocycles. The normalized spacial score (nSPS) is 11.9. The Morgan fingerprint density at radius 2 is 1.82 bits per heavy atom. The van der Waals surface area contributed by atoms with Crippen LogP contribution in [0.1, 0.15) is 18.6 Å². The third-order valence-corrected chi connectivity index (χ3v) is 4.85. The molecule has 4 aromatic rings. The molecule has 1 unspecified atom stereocenters. The zero-order valence-corrected chi connectivity index (χ0v) is 16.6. The summed E-state index contributed by atoms with van der Waals surface area (Å²) in [5.41, 5.74) is 3.65. The van der Waals surface area contributed by atoms with Crippen molar-refractivity contribution in [1.29, 1.82) is 0 Å². The van der Waals surface area contributed by atoms with E-state index < -0.39 is 6.09 Å². The minimum atomic E-state index is -0.548. The molecule has 0 radical (unpaired) electrons. The molecule has 0 aliphatic rings. The van der Waals surface area contributed by atoms with Crippen LogP contribution in [-0.4, -0.2) is 20.9 Å². The van der Waals surface area contributed by atoms with Crippen LogP contribution in [0.15, 0.2) is 77.4 Å². The molecule has 2 aromatic heterocycles. The molecule has 4 rings (SSSR count). The molecule has 140 valence electrons. The predicted octanol–water partition coefficient (Wildman–Crippen LogP) is 5.47. The van der Waals surface area contributed by atoms with Crippen molar-refractivity contribution in [3.05, 3.63) is 83.0 Å². The van der Waals surface area contributed by atoms with Crippen molar-refractivity contribution in [1.82, 2.24) is 14.8 Å². The van der Waals surface area contributed by atoms with E-state index >= 15 is 0 Å². The maximum Gasteiger partial charge on any atom is 0.412 e. The highest BCUT2D eigenvalue weighted by atomic mass is 79.9. The van der Waals surface area contributed by atoms with Crippen LogP contribution < -0.4 is 5.32 Å². The number of aromatic nitrogens is 3. The quantitative estimate of drug-likeness (QED) is 0.460. The maximum atomic E-state index is 12.6. The first-order valence-electron chi connectivity index (χ1n) is 8.74. The zero-order valence-electron chi connectivity index (χ0n) is 15.0. The third-order valence-electron chi connectivity index (χ3n) is 4.32. The lowest BCUT2D eigenvalue weighted by molar-refractivity contribution is 0.121. The number of amides is 1. The zero-order chi connectivity index (χ0) is 19.5. The minimum absolute atomic E-state index is 0.378. The van der Waals surface area contributed by atoms with Crippen LogP contribution in [0, 0.1) is 0 Å². The summed E-state index contributed by atoms with van der Waals surface area (Å²) < 4.78 is 8.01. The molecule has 7 heteroatoms. The van der Waals surface area contributed by atoms with Crippen LogP contribution in [0.25, 0.3) is 16.8 Å². The van der Waals surface area contributed by atoms with E-state index in [1.807, 2.05) is 67.6 Å². The molecule has 6 nitrogen and oxygen atoms in total. The second kappa shape index (κ2) is 7.82. The highest BCUT2D eigenvalue weighted by Crippen LogP contribution is 2.32. The molecule has 0 bridgehead atoms. The number of carbonyl (C=O) groups excluding carboxylic acids is 1. The Morgan fingerprint density at radius 3 is 2.57 bits per heavy atom. The van der Waals surface area contributed by atoms with Crippen molar-refractivity contribution in [3.8, 4) is 11.3 Å². The molecule has 1 atom stereocenters. The van der Waals surface area contributed by atoms with E-state index in [1.54, 1.807) is 12.3 Å². The van der Waals surface area contributed by atoms with Gasteiger partial charge in [0.25, 0.3) is 0 Å². The van der Waals surface area contributed by atoms with E-state index in [4.69, 9.17) is 4.74 Å². The summed E-state index contributed by atoms with van der Waals surface area (Å²) in [6.07, 6.45) is 0.719. The van der Waals surface area contributed by atoms with Crippen molar-refractivity contribution < 1.29 is 9.53 Å². The number of nitrogens with one attached hydrogen (secondary N) is 1. The van der Waals surface area contributed by atoms with Crippen molar-refractivity contribution in [2.24, 2.45) is 0 Å². The van der Waals surface area contributed by atoms with Gasteiger partial charge in [-0.1, -0.05) is 58.4 Å². The fourth-order valence-corrected chi connectivity index (χ4v) is 3.18. The standard InChI is InChI=1S/C21H17BrN4O2/c1-14(15-6-3-2-4-7-15)28-21(27)24-20-18-8-5-13-23-26(18)25-19(20)16-9-11-17(22)12-10-16/h2-14H,1H3,(H,24,27). The Kier molecular flexibility index (Phi) is 5.08. The minimum Gasteiger partial charge on any atom is -0.441 e. The van der Waals surface area contributed by atoms with Gasteiger partial charge in [-0.2, -0.15) is 5.10 Å². The summed E-state index contributed by atoms with van der Waals surface area (Å²) in [7, 11) is 0. The Balaban J connectivity index is 1.64. The highest BCUT2D eigenvalue weighted by molar-refractivity contribution is 9.10. The molecule has 0 spiro atoms. The number of halogens is 1. The van der Waals surface area contributed by atoms with Crippen LogP contribution in [0.3, 0.4) is 0 Å². The van der Waals surface area contributed by atoms with Gasteiger partial charge < -0.3 is 4.74 Å². The summed E-state index contributed by atoms with van der Waals surface area (Å²) in [5.74, 6) is 0. The number of ether oxygens (including phenoxy) is 1. The van der Waals surface area contributed by atoms with Gasteiger partial charge in [-0.3, -0.25) is 5.32 Å². The molecule has 0 saturated carbocycles. The largest absolute Gasteiger partial charge is 0.441 e. The van der Waals surface area contributed by atoms with Gasteiger partial charge in [-0.05, 0) is 36.8 Å². The van der Waals surface area contributed by atoms with E-state index in [0.29, 0.717) is 16.9 Å². The molecule has 1 amide bonds. The topological polar surface area (TPSA) is 68.5 Å². The predicted molar refractivity (Wildman–Crippen MR) is 111 cm³/mol.